The number of ether oxygens (including phenoxy) is 1. The van der Waals surface area contributed by atoms with Crippen LogP contribution < -0.4 is 10.1 Å². The van der Waals surface area contributed by atoms with E-state index in [-0.39, 0.29) is 28.9 Å². The Labute approximate surface area is 196 Å². The van der Waals surface area contributed by atoms with Gasteiger partial charge in [-0.25, -0.2) is 4.39 Å². The lowest BCUT2D eigenvalue weighted by Gasteiger charge is -2.26. The number of nitrogens with zero attached hydrogens (tertiary/aromatic N) is 1. The van der Waals surface area contributed by atoms with Crippen molar-refractivity contribution in [1.29, 1.82) is 0 Å². The summed E-state index contributed by atoms with van der Waals surface area (Å²) in [5, 5.41) is 13.7. The number of halogens is 2. The van der Waals surface area contributed by atoms with Gasteiger partial charge in [0.05, 0.1) is 6.54 Å². The number of hydrogen-bond acceptors (Lipinski definition) is 5. The Hall–Kier alpha value is -2.29. The molecule has 2 atom stereocenters. The summed E-state index contributed by atoms with van der Waals surface area (Å²) in [5.74, 6) is 0.282. The first-order valence-electron chi connectivity index (χ1n) is 10.2. The van der Waals surface area contributed by atoms with Crippen molar-refractivity contribution in [1.82, 2.24) is 10.2 Å². The molecule has 1 aliphatic rings. The van der Waals surface area contributed by atoms with Crippen LogP contribution in [0.2, 0.25) is 5.02 Å². The Morgan fingerprint density at radius 3 is 2.81 bits per heavy atom. The number of amides is 2. The van der Waals surface area contributed by atoms with Gasteiger partial charge in [-0.2, -0.15) is 11.8 Å². The molecule has 2 aromatic rings. The smallest absolute Gasteiger partial charge is 0.245 e. The van der Waals surface area contributed by atoms with Crippen LogP contribution in [-0.2, 0) is 16.1 Å². The summed E-state index contributed by atoms with van der Waals surface area (Å²) in [7, 11) is 0. The molecule has 172 valence electrons. The largest absolute Gasteiger partial charge is 0.491 e. The van der Waals surface area contributed by atoms with E-state index in [0.717, 1.165) is 5.75 Å². The molecular formula is C23H26ClFN2O4S. The third-order valence-electron chi connectivity index (χ3n) is 5.25. The highest BCUT2D eigenvalue weighted by Crippen LogP contribution is 2.33. The minimum absolute atomic E-state index is 0.000577. The maximum Gasteiger partial charge on any atom is 0.245 e. The summed E-state index contributed by atoms with van der Waals surface area (Å²) in [6.45, 7) is 2.30. The minimum Gasteiger partial charge on any atom is -0.491 e. The van der Waals surface area contributed by atoms with E-state index in [4.69, 9.17) is 16.3 Å². The van der Waals surface area contributed by atoms with Crippen LogP contribution in [0.25, 0.3) is 0 Å². The molecule has 1 aliphatic heterocycles. The summed E-state index contributed by atoms with van der Waals surface area (Å²) < 4.78 is 20.1. The summed E-state index contributed by atoms with van der Waals surface area (Å²) >= 11 is 7.72. The van der Waals surface area contributed by atoms with Crippen molar-refractivity contribution in [3.05, 3.63) is 63.9 Å². The molecule has 0 unspecified atom stereocenters. The molecule has 0 bridgehead atoms. The van der Waals surface area contributed by atoms with Crippen LogP contribution in [0.3, 0.4) is 0 Å². The topological polar surface area (TPSA) is 78.9 Å². The molecule has 0 radical (unpaired) electrons. The van der Waals surface area contributed by atoms with Crippen molar-refractivity contribution in [3.63, 3.8) is 0 Å². The van der Waals surface area contributed by atoms with Crippen LogP contribution >= 0.6 is 23.4 Å². The van der Waals surface area contributed by atoms with E-state index in [1.165, 1.54) is 25.1 Å². The molecule has 1 heterocycles. The zero-order valence-electron chi connectivity index (χ0n) is 17.9. The van der Waals surface area contributed by atoms with Gasteiger partial charge < -0.3 is 20.1 Å². The van der Waals surface area contributed by atoms with E-state index in [9.17, 15) is 19.1 Å². The van der Waals surface area contributed by atoms with E-state index in [1.54, 1.807) is 34.9 Å². The van der Waals surface area contributed by atoms with E-state index < -0.39 is 18.0 Å². The van der Waals surface area contributed by atoms with Gasteiger partial charge in [-0.1, -0.05) is 23.7 Å². The Kier molecular flexibility index (Phi) is 8.39. The van der Waals surface area contributed by atoms with Gasteiger partial charge in [-0.3, -0.25) is 9.59 Å². The molecule has 0 spiro atoms. The summed E-state index contributed by atoms with van der Waals surface area (Å²) in [5.41, 5.74) is 1.13. The predicted molar refractivity (Wildman–Crippen MR) is 123 cm³/mol. The van der Waals surface area contributed by atoms with Crippen molar-refractivity contribution in [3.8, 4) is 5.75 Å². The Balaban J connectivity index is 1.86. The van der Waals surface area contributed by atoms with E-state index in [0.29, 0.717) is 36.4 Å². The molecule has 3 rings (SSSR count). The standard InChI is InChI=1S/C23H26ClFN2O4S/c1-14(28)26-19(8-11-32-2)23(30)27-9-10-31-20-7-6-15(12-16(20)13-27)22(29)21-17(24)4-3-5-18(21)25/h3-7,12,19,22,29H,8-11,13H2,1-2H3,(H,26,28)/t19-,22+/m0/s1. The highest BCUT2D eigenvalue weighted by atomic mass is 35.5. The SMILES string of the molecule is CSCC[C@H](NC(C)=O)C(=O)N1CCOc2ccc([C@@H](O)c3c(F)cccc3Cl)cc2C1. The highest BCUT2D eigenvalue weighted by molar-refractivity contribution is 7.98. The lowest BCUT2D eigenvalue weighted by molar-refractivity contribution is -0.136. The number of benzene rings is 2. The van der Waals surface area contributed by atoms with Crippen LogP contribution in [0.5, 0.6) is 5.75 Å². The monoisotopic (exact) mass is 480 g/mol. The third-order valence-corrected chi connectivity index (χ3v) is 6.22. The van der Waals surface area contributed by atoms with Gasteiger partial charge in [-0.05, 0) is 48.3 Å². The van der Waals surface area contributed by atoms with Crippen LogP contribution in [-0.4, -0.2) is 53.0 Å². The van der Waals surface area contributed by atoms with Gasteiger partial charge >= 0.3 is 0 Å². The Morgan fingerprint density at radius 1 is 1.34 bits per heavy atom. The number of carbonyl (C=O) groups excluding carboxylic acids is 2. The van der Waals surface area contributed by atoms with Crippen molar-refractivity contribution in [2.45, 2.75) is 32.0 Å². The molecule has 9 heteroatoms. The maximum absolute atomic E-state index is 14.3. The van der Waals surface area contributed by atoms with Gasteiger partial charge in [0.15, 0.2) is 0 Å². The van der Waals surface area contributed by atoms with Crippen molar-refractivity contribution >= 4 is 35.2 Å². The van der Waals surface area contributed by atoms with E-state index >= 15 is 0 Å². The first kappa shape index (κ1) is 24.4. The van der Waals surface area contributed by atoms with E-state index in [1.807, 2.05) is 6.26 Å². The number of nitrogens with one attached hydrogen (secondary N) is 1. The molecule has 0 saturated heterocycles. The molecule has 0 aliphatic carbocycles. The Bertz CT molecular complexity index is 970. The van der Waals surface area contributed by atoms with Gasteiger partial charge in [0.2, 0.25) is 11.8 Å². The lowest BCUT2D eigenvalue weighted by Crippen LogP contribution is -2.48. The number of aliphatic hydroxyl groups excluding tert-OH is 1. The summed E-state index contributed by atoms with van der Waals surface area (Å²) in [4.78, 5) is 26.4. The third kappa shape index (κ3) is 5.74. The maximum atomic E-state index is 14.3. The molecule has 32 heavy (non-hydrogen) atoms. The molecule has 2 aromatic carbocycles. The summed E-state index contributed by atoms with van der Waals surface area (Å²) in [6.07, 6.45) is 1.20. The average Bonchev–Trinajstić information content (AvgIpc) is 2.97. The zero-order chi connectivity index (χ0) is 23.3. The fourth-order valence-electron chi connectivity index (χ4n) is 3.67. The van der Waals surface area contributed by atoms with Crippen molar-refractivity contribution in [2.24, 2.45) is 0 Å². The summed E-state index contributed by atoms with van der Waals surface area (Å²) in [6, 6.07) is 8.68. The zero-order valence-corrected chi connectivity index (χ0v) is 19.5. The normalized spacial score (nSPS) is 15.2. The molecular weight excluding hydrogens is 455 g/mol. The number of hydrogen-bond donors (Lipinski definition) is 2. The molecule has 0 aromatic heterocycles. The van der Waals surface area contributed by atoms with Gasteiger partial charge in [0.25, 0.3) is 0 Å². The molecule has 2 amide bonds. The van der Waals surface area contributed by atoms with Crippen LogP contribution in [0.4, 0.5) is 4.39 Å². The van der Waals surface area contributed by atoms with Gasteiger partial charge in [-0.15, -0.1) is 0 Å². The molecule has 0 fully saturated rings. The fourth-order valence-corrected chi connectivity index (χ4v) is 4.41. The number of carbonyl (C=O) groups is 2. The number of rotatable bonds is 7. The quantitative estimate of drug-likeness (QED) is 0.633. The second kappa shape index (κ2) is 11.0. The predicted octanol–water partition coefficient (Wildman–Crippen LogP) is 3.54. The Morgan fingerprint density at radius 2 is 2.12 bits per heavy atom. The lowest BCUT2D eigenvalue weighted by atomic mass is 9.98. The first-order chi connectivity index (χ1) is 15.3. The molecule has 6 nitrogen and oxygen atoms in total. The van der Waals surface area contributed by atoms with Crippen LogP contribution in [0.15, 0.2) is 36.4 Å². The van der Waals surface area contributed by atoms with Crippen molar-refractivity contribution in [2.75, 3.05) is 25.2 Å². The number of thioether (sulfide) groups is 1. The van der Waals surface area contributed by atoms with E-state index in [2.05, 4.69) is 5.32 Å². The van der Waals surface area contributed by atoms with Crippen LogP contribution in [0, 0.1) is 5.82 Å². The van der Waals surface area contributed by atoms with Crippen LogP contribution in [0.1, 0.15) is 36.1 Å². The van der Waals surface area contributed by atoms with Gasteiger partial charge in [0, 0.05) is 29.6 Å². The number of aliphatic hydroxyl groups is 1. The molecule has 2 N–H and O–H groups in total. The van der Waals surface area contributed by atoms with Crippen molar-refractivity contribution < 1.29 is 23.8 Å². The van der Waals surface area contributed by atoms with Gasteiger partial charge in [0.1, 0.15) is 30.3 Å². The second-order valence-corrected chi connectivity index (χ2v) is 8.94. The minimum atomic E-state index is -1.27. The second-order valence-electron chi connectivity index (χ2n) is 7.55. The molecule has 0 saturated carbocycles. The first-order valence-corrected chi connectivity index (χ1v) is 12.0. The average molecular weight is 481 g/mol. The highest BCUT2D eigenvalue weighted by Gasteiger charge is 2.28. The number of fused-ring (bicyclic) bond motifs is 1. The fraction of sp³-hybridized carbons (Fsp3) is 0.391.